The van der Waals surface area contributed by atoms with Crippen LogP contribution in [0, 0.1) is 11.8 Å². The molecule has 1 aromatic heterocycles. The monoisotopic (exact) mass is 436 g/mol. The van der Waals surface area contributed by atoms with Crippen LogP contribution in [0.2, 0.25) is 0 Å². The van der Waals surface area contributed by atoms with Crippen molar-refractivity contribution in [3.8, 4) is 17.1 Å². The van der Waals surface area contributed by atoms with Gasteiger partial charge in [-0.3, -0.25) is 0 Å². The Bertz CT molecular complexity index is 733. The fourth-order valence-electron chi connectivity index (χ4n) is 4.95. The molecule has 1 aliphatic carbocycles. The third kappa shape index (κ3) is 8.56. The average Bonchev–Trinajstić information content (AvgIpc) is 2.85. The quantitative estimate of drug-likeness (QED) is 0.279. The molecular weight excluding hydrogens is 392 g/mol. The topological polar surface area (TPSA) is 35.0 Å². The molecule has 0 aliphatic heterocycles. The van der Waals surface area contributed by atoms with Crippen LogP contribution >= 0.6 is 0 Å². The Morgan fingerprint density at radius 2 is 1.38 bits per heavy atom. The largest absolute Gasteiger partial charge is 0.494 e. The fourth-order valence-corrected chi connectivity index (χ4v) is 4.95. The van der Waals surface area contributed by atoms with Gasteiger partial charge in [0.2, 0.25) is 0 Å². The summed E-state index contributed by atoms with van der Waals surface area (Å²) in [6, 6.07) is 8.25. The van der Waals surface area contributed by atoms with Crippen LogP contribution in [0.25, 0.3) is 11.4 Å². The molecule has 0 atom stereocenters. The summed E-state index contributed by atoms with van der Waals surface area (Å²) in [4.78, 5) is 9.15. The predicted octanol–water partition coefficient (Wildman–Crippen LogP) is 8.42. The van der Waals surface area contributed by atoms with Gasteiger partial charge in [0.1, 0.15) is 5.75 Å². The average molecular weight is 437 g/mol. The van der Waals surface area contributed by atoms with E-state index in [0.29, 0.717) is 0 Å². The number of hydrogen-bond acceptors (Lipinski definition) is 3. The van der Waals surface area contributed by atoms with Crippen molar-refractivity contribution in [2.45, 2.75) is 104 Å². The summed E-state index contributed by atoms with van der Waals surface area (Å²) in [5.41, 5.74) is 2.29. The number of unbranched alkanes of at least 4 members (excludes halogenated alkanes) is 4. The van der Waals surface area contributed by atoms with Crippen LogP contribution in [-0.4, -0.2) is 16.6 Å². The van der Waals surface area contributed by atoms with Crippen LogP contribution in [0.1, 0.15) is 103 Å². The minimum absolute atomic E-state index is 0.795. The summed E-state index contributed by atoms with van der Waals surface area (Å²) >= 11 is 0. The van der Waals surface area contributed by atoms with Gasteiger partial charge in [0.15, 0.2) is 5.82 Å². The van der Waals surface area contributed by atoms with Crippen molar-refractivity contribution in [2.75, 3.05) is 6.61 Å². The van der Waals surface area contributed by atoms with Crippen molar-refractivity contribution in [2.24, 2.45) is 11.8 Å². The molecule has 3 rings (SSSR count). The van der Waals surface area contributed by atoms with Gasteiger partial charge < -0.3 is 4.74 Å². The van der Waals surface area contributed by atoms with Gasteiger partial charge in [0.25, 0.3) is 0 Å². The van der Waals surface area contributed by atoms with Crippen molar-refractivity contribution < 1.29 is 4.74 Å². The van der Waals surface area contributed by atoms with E-state index in [1.807, 2.05) is 12.4 Å². The lowest BCUT2D eigenvalue weighted by atomic mass is 9.78. The van der Waals surface area contributed by atoms with Crippen LogP contribution in [0.5, 0.6) is 5.75 Å². The first kappa shape index (κ1) is 24.7. The molecule has 0 saturated heterocycles. The minimum Gasteiger partial charge on any atom is -0.494 e. The molecule has 2 aromatic rings. The molecule has 0 radical (unpaired) electrons. The number of aromatic nitrogens is 2. The van der Waals surface area contributed by atoms with Crippen LogP contribution in [-0.2, 0) is 6.42 Å². The summed E-state index contributed by atoms with van der Waals surface area (Å²) in [6.45, 7) is 5.37. The molecule has 32 heavy (non-hydrogen) atoms. The summed E-state index contributed by atoms with van der Waals surface area (Å²) in [5.74, 6) is 3.67. The lowest BCUT2D eigenvalue weighted by molar-refractivity contribution is 0.228. The Kier molecular flexibility index (Phi) is 11.0. The molecule has 1 heterocycles. The second-order valence-corrected chi connectivity index (χ2v) is 9.77. The van der Waals surface area contributed by atoms with Gasteiger partial charge >= 0.3 is 0 Å². The first-order valence-electron chi connectivity index (χ1n) is 13.3. The van der Waals surface area contributed by atoms with Crippen molar-refractivity contribution >= 4 is 0 Å². The van der Waals surface area contributed by atoms with E-state index in [4.69, 9.17) is 4.74 Å². The maximum atomic E-state index is 6.00. The highest BCUT2D eigenvalue weighted by Gasteiger charge is 2.20. The number of aryl methyl sites for hydroxylation is 1. The maximum absolute atomic E-state index is 6.00. The molecule has 1 saturated carbocycles. The van der Waals surface area contributed by atoms with E-state index in [1.165, 1.54) is 82.6 Å². The Balaban J connectivity index is 1.33. The zero-order chi connectivity index (χ0) is 22.4. The third-order valence-corrected chi connectivity index (χ3v) is 7.09. The number of benzene rings is 1. The molecule has 0 bridgehead atoms. The van der Waals surface area contributed by atoms with E-state index in [2.05, 4.69) is 48.1 Å². The number of ether oxygens (including phenoxy) is 1. The highest BCUT2D eigenvalue weighted by Crippen LogP contribution is 2.34. The van der Waals surface area contributed by atoms with Gasteiger partial charge in [-0.05, 0) is 67.3 Å². The van der Waals surface area contributed by atoms with Gasteiger partial charge in [0, 0.05) is 18.0 Å². The molecule has 1 fully saturated rings. The smallest absolute Gasteiger partial charge is 0.159 e. The summed E-state index contributed by atoms with van der Waals surface area (Å²) < 4.78 is 6.00. The lowest BCUT2D eigenvalue weighted by Gasteiger charge is -2.28. The normalized spacial score (nSPS) is 18.6. The molecule has 0 spiro atoms. The van der Waals surface area contributed by atoms with Crippen LogP contribution in [0.4, 0.5) is 0 Å². The first-order chi connectivity index (χ1) is 15.8. The second kappa shape index (κ2) is 14.3. The maximum Gasteiger partial charge on any atom is 0.159 e. The number of hydrogen-bond donors (Lipinski definition) is 0. The molecular formula is C29H44N2O. The highest BCUT2D eigenvalue weighted by molar-refractivity contribution is 5.55. The molecule has 0 unspecified atom stereocenters. The molecule has 1 aromatic carbocycles. The third-order valence-electron chi connectivity index (χ3n) is 7.09. The summed E-state index contributed by atoms with van der Waals surface area (Å²) in [6.07, 6.45) is 22.6. The second-order valence-electron chi connectivity index (χ2n) is 9.77. The van der Waals surface area contributed by atoms with E-state index in [-0.39, 0.29) is 0 Å². The highest BCUT2D eigenvalue weighted by atomic mass is 16.5. The Morgan fingerprint density at radius 1 is 0.750 bits per heavy atom. The van der Waals surface area contributed by atoms with Gasteiger partial charge in [-0.1, -0.05) is 78.1 Å². The number of nitrogens with zero attached hydrogens (tertiary/aromatic N) is 2. The van der Waals surface area contributed by atoms with Crippen LogP contribution in [0.15, 0.2) is 36.7 Å². The van der Waals surface area contributed by atoms with E-state index in [1.54, 1.807) is 0 Å². The van der Waals surface area contributed by atoms with Crippen LogP contribution < -0.4 is 4.74 Å². The van der Waals surface area contributed by atoms with Gasteiger partial charge in [-0.2, -0.15) is 0 Å². The fraction of sp³-hybridized carbons (Fsp3) is 0.655. The Labute approximate surface area is 196 Å². The van der Waals surface area contributed by atoms with Crippen molar-refractivity contribution in [3.05, 3.63) is 42.2 Å². The molecule has 3 heteroatoms. The zero-order valence-corrected chi connectivity index (χ0v) is 20.5. The molecule has 0 amide bonds. The van der Waals surface area contributed by atoms with E-state index in [9.17, 15) is 0 Å². The lowest BCUT2D eigenvalue weighted by Crippen LogP contribution is -2.15. The van der Waals surface area contributed by atoms with E-state index < -0.39 is 0 Å². The molecule has 176 valence electrons. The van der Waals surface area contributed by atoms with E-state index >= 15 is 0 Å². The molecule has 0 N–H and O–H groups in total. The standard InChI is InChI=1S/C29H44N2O/c1-3-5-7-8-11-26-22-30-29(31-23-26)27-17-19-28(20-18-27)32-21-9-12-25-15-13-24(14-16-25)10-6-4-2/h17-20,22-25H,3-16,21H2,1-2H3. The summed E-state index contributed by atoms with van der Waals surface area (Å²) in [7, 11) is 0. The van der Waals surface area contributed by atoms with Gasteiger partial charge in [-0.25, -0.2) is 9.97 Å². The summed E-state index contributed by atoms with van der Waals surface area (Å²) in [5, 5.41) is 0. The Hall–Kier alpha value is -1.90. The van der Waals surface area contributed by atoms with Crippen LogP contribution in [0.3, 0.4) is 0 Å². The van der Waals surface area contributed by atoms with Crippen molar-refractivity contribution in [3.63, 3.8) is 0 Å². The number of rotatable bonds is 14. The van der Waals surface area contributed by atoms with Gasteiger partial charge in [0.05, 0.1) is 6.61 Å². The zero-order valence-electron chi connectivity index (χ0n) is 20.5. The Morgan fingerprint density at radius 3 is 2.00 bits per heavy atom. The molecule has 3 nitrogen and oxygen atoms in total. The predicted molar refractivity (Wildman–Crippen MR) is 135 cm³/mol. The van der Waals surface area contributed by atoms with Gasteiger partial charge in [-0.15, -0.1) is 0 Å². The van der Waals surface area contributed by atoms with E-state index in [0.717, 1.165) is 48.4 Å². The SMILES string of the molecule is CCCCCCc1cnc(-c2ccc(OCCCC3CCC(CCCC)CC3)cc2)nc1. The van der Waals surface area contributed by atoms with Crippen molar-refractivity contribution in [1.29, 1.82) is 0 Å². The first-order valence-corrected chi connectivity index (χ1v) is 13.3. The molecule has 1 aliphatic rings. The van der Waals surface area contributed by atoms with Crippen molar-refractivity contribution in [1.82, 2.24) is 9.97 Å². The minimum atomic E-state index is 0.795.